The molecule has 0 saturated carbocycles. The Labute approximate surface area is 206 Å². The van der Waals surface area contributed by atoms with Crippen LogP contribution < -0.4 is 5.32 Å². The van der Waals surface area contributed by atoms with Crippen molar-refractivity contribution in [2.75, 3.05) is 12.3 Å². The Morgan fingerprint density at radius 1 is 1.03 bits per heavy atom. The van der Waals surface area contributed by atoms with Crippen molar-refractivity contribution in [2.45, 2.75) is 57.9 Å². The molecule has 0 aliphatic rings. The van der Waals surface area contributed by atoms with Crippen LogP contribution in [0.15, 0.2) is 48.5 Å². The number of halogens is 2. The Bertz CT molecular complexity index is 844. The molecule has 0 spiro atoms. The van der Waals surface area contributed by atoms with Gasteiger partial charge in [0.05, 0.1) is 0 Å². The normalized spacial score (nSPS) is 11.8. The number of unbranched alkanes of at least 4 members (excludes halogenated alkanes) is 1. The van der Waals surface area contributed by atoms with Crippen LogP contribution in [0.4, 0.5) is 0 Å². The molecule has 0 radical (unpaired) electrons. The molecule has 174 valence electrons. The van der Waals surface area contributed by atoms with Crippen LogP contribution in [-0.4, -0.2) is 35.1 Å². The third-order valence-electron chi connectivity index (χ3n) is 5.18. The molecule has 1 atom stereocenters. The minimum absolute atomic E-state index is 0.0703. The van der Waals surface area contributed by atoms with Crippen LogP contribution in [0, 0.1) is 0 Å². The highest BCUT2D eigenvalue weighted by atomic mass is 35.5. The molecule has 0 aliphatic heterocycles. The quantitative estimate of drug-likeness (QED) is 0.330. The summed E-state index contributed by atoms with van der Waals surface area (Å²) in [5, 5.41) is 3.96. The Kier molecular flexibility index (Phi) is 12.0. The van der Waals surface area contributed by atoms with E-state index in [0.717, 1.165) is 18.6 Å². The lowest BCUT2D eigenvalue weighted by Crippen LogP contribution is -2.49. The van der Waals surface area contributed by atoms with Crippen molar-refractivity contribution in [1.29, 1.82) is 0 Å². The zero-order chi connectivity index (χ0) is 23.3. The molecule has 2 rings (SSSR count). The Morgan fingerprint density at radius 3 is 2.34 bits per heavy atom. The first-order valence-electron chi connectivity index (χ1n) is 11.1. The monoisotopic (exact) mass is 494 g/mol. The van der Waals surface area contributed by atoms with Gasteiger partial charge in [-0.05, 0) is 30.5 Å². The van der Waals surface area contributed by atoms with Gasteiger partial charge in [-0.25, -0.2) is 0 Å². The SMILES string of the molecule is CCCCNC(=O)[C@@H](CC)N(Cc1c(Cl)cccc1Cl)C(=O)CCSCc1ccccc1. The highest BCUT2D eigenvalue weighted by Gasteiger charge is 2.29. The van der Waals surface area contributed by atoms with Gasteiger partial charge in [0, 0.05) is 46.6 Å². The summed E-state index contributed by atoms with van der Waals surface area (Å²) in [6.45, 7) is 4.81. The largest absolute Gasteiger partial charge is 0.354 e. The van der Waals surface area contributed by atoms with Crippen molar-refractivity contribution in [3.63, 3.8) is 0 Å². The van der Waals surface area contributed by atoms with Gasteiger partial charge in [0.15, 0.2) is 0 Å². The van der Waals surface area contributed by atoms with Crippen molar-refractivity contribution in [3.8, 4) is 0 Å². The van der Waals surface area contributed by atoms with Gasteiger partial charge in [0.25, 0.3) is 0 Å². The molecule has 2 amide bonds. The number of nitrogens with one attached hydrogen (secondary N) is 1. The van der Waals surface area contributed by atoms with Crippen molar-refractivity contribution in [1.82, 2.24) is 10.2 Å². The number of rotatable bonds is 13. The number of hydrogen-bond donors (Lipinski definition) is 1. The molecule has 4 nitrogen and oxygen atoms in total. The molecule has 0 aliphatic carbocycles. The highest BCUT2D eigenvalue weighted by Crippen LogP contribution is 2.27. The van der Waals surface area contributed by atoms with Gasteiger partial charge in [-0.1, -0.05) is 79.9 Å². The summed E-state index contributed by atoms with van der Waals surface area (Å²) in [6, 6.07) is 14.9. The third kappa shape index (κ3) is 8.34. The number of thioether (sulfide) groups is 1. The maximum absolute atomic E-state index is 13.3. The molecule has 0 aromatic heterocycles. The van der Waals surface area contributed by atoms with E-state index in [1.54, 1.807) is 34.9 Å². The Morgan fingerprint density at radius 2 is 1.72 bits per heavy atom. The highest BCUT2D eigenvalue weighted by molar-refractivity contribution is 7.98. The predicted molar refractivity (Wildman–Crippen MR) is 136 cm³/mol. The van der Waals surface area contributed by atoms with E-state index in [-0.39, 0.29) is 18.4 Å². The molecular weight excluding hydrogens is 463 g/mol. The van der Waals surface area contributed by atoms with Gasteiger partial charge >= 0.3 is 0 Å². The Hall–Kier alpha value is -1.69. The van der Waals surface area contributed by atoms with E-state index in [0.29, 0.717) is 40.7 Å². The molecule has 0 bridgehead atoms. The lowest BCUT2D eigenvalue weighted by molar-refractivity contribution is -0.141. The van der Waals surface area contributed by atoms with Crippen molar-refractivity contribution >= 4 is 46.8 Å². The van der Waals surface area contributed by atoms with Gasteiger partial charge in [-0.3, -0.25) is 9.59 Å². The standard InChI is InChI=1S/C25H32Cl2N2O2S/c1-3-5-15-28-25(31)23(4-2)29(17-20-21(26)12-9-13-22(20)27)24(30)14-16-32-18-19-10-7-6-8-11-19/h6-13,23H,3-5,14-18H2,1-2H3,(H,28,31)/t23-/m1/s1. The number of hydrogen-bond acceptors (Lipinski definition) is 3. The topological polar surface area (TPSA) is 49.4 Å². The van der Waals surface area contributed by atoms with Gasteiger partial charge < -0.3 is 10.2 Å². The third-order valence-corrected chi connectivity index (χ3v) is 6.92. The predicted octanol–water partition coefficient (Wildman–Crippen LogP) is 6.34. The fourth-order valence-corrected chi connectivity index (χ4v) is 4.76. The molecule has 0 saturated heterocycles. The Balaban J connectivity index is 2.10. The molecule has 7 heteroatoms. The summed E-state index contributed by atoms with van der Waals surface area (Å²) in [6.07, 6.45) is 2.76. The van der Waals surface area contributed by atoms with Crippen LogP contribution in [0.2, 0.25) is 10.0 Å². The average Bonchev–Trinajstić information content (AvgIpc) is 2.79. The van der Waals surface area contributed by atoms with Crippen LogP contribution in [0.5, 0.6) is 0 Å². The lowest BCUT2D eigenvalue weighted by Gasteiger charge is -2.31. The first-order chi connectivity index (χ1) is 15.5. The van der Waals surface area contributed by atoms with Crippen LogP contribution in [0.25, 0.3) is 0 Å². The second kappa shape index (κ2) is 14.5. The van der Waals surface area contributed by atoms with E-state index < -0.39 is 6.04 Å². The van der Waals surface area contributed by atoms with Crippen LogP contribution in [0.1, 0.15) is 50.7 Å². The summed E-state index contributed by atoms with van der Waals surface area (Å²) < 4.78 is 0. The molecule has 2 aromatic rings. The number of nitrogens with zero attached hydrogens (tertiary/aromatic N) is 1. The molecule has 0 heterocycles. The number of amides is 2. The molecule has 2 aromatic carbocycles. The first kappa shape index (κ1) is 26.6. The van der Waals surface area contributed by atoms with E-state index in [9.17, 15) is 9.59 Å². The maximum Gasteiger partial charge on any atom is 0.242 e. The van der Waals surface area contributed by atoms with E-state index in [2.05, 4.69) is 24.4 Å². The summed E-state index contributed by atoms with van der Waals surface area (Å²) in [7, 11) is 0. The van der Waals surface area contributed by atoms with Crippen molar-refractivity contribution in [3.05, 3.63) is 69.7 Å². The average molecular weight is 496 g/mol. The second-order valence-corrected chi connectivity index (χ2v) is 9.50. The molecule has 0 fully saturated rings. The fraction of sp³-hybridized carbons (Fsp3) is 0.440. The smallest absolute Gasteiger partial charge is 0.242 e. The van der Waals surface area contributed by atoms with Gasteiger partial charge in [0.1, 0.15) is 6.04 Å². The molecule has 1 N–H and O–H groups in total. The minimum atomic E-state index is -0.564. The zero-order valence-corrected chi connectivity index (χ0v) is 21.1. The van der Waals surface area contributed by atoms with Gasteiger partial charge in [-0.2, -0.15) is 11.8 Å². The van der Waals surface area contributed by atoms with E-state index in [1.807, 2.05) is 25.1 Å². The van der Waals surface area contributed by atoms with Crippen molar-refractivity contribution in [2.24, 2.45) is 0 Å². The maximum atomic E-state index is 13.3. The van der Waals surface area contributed by atoms with Crippen molar-refractivity contribution < 1.29 is 9.59 Å². The lowest BCUT2D eigenvalue weighted by atomic mass is 10.1. The summed E-state index contributed by atoms with van der Waals surface area (Å²) >= 11 is 14.5. The van der Waals surface area contributed by atoms with Gasteiger partial charge in [-0.15, -0.1) is 0 Å². The van der Waals surface area contributed by atoms with Crippen LogP contribution in [-0.2, 0) is 21.9 Å². The number of benzene rings is 2. The summed E-state index contributed by atoms with van der Waals surface area (Å²) in [4.78, 5) is 27.8. The van der Waals surface area contributed by atoms with E-state index >= 15 is 0 Å². The zero-order valence-electron chi connectivity index (χ0n) is 18.8. The second-order valence-electron chi connectivity index (χ2n) is 7.58. The molecule has 0 unspecified atom stereocenters. The van der Waals surface area contributed by atoms with Gasteiger partial charge in [0.2, 0.25) is 11.8 Å². The number of carbonyl (C=O) groups excluding carboxylic acids is 2. The number of carbonyl (C=O) groups is 2. The fourth-order valence-electron chi connectivity index (χ4n) is 3.35. The molecule has 32 heavy (non-hydrogen) atoms. The van der Waals surface area contributed by atoms with E-state index in [1.165, 1.54) is 5.56 Å². The summed E-state index contributed by atoms with van der Waals surface area (Å²) in [5.74, 6) is 1.32. The minimum Gasteiger partial charge on any atom is -0.354 e. The van der Waals surface area contributed by atoms with Crippen LogP contribution >= 0.6 is 35.0 Å². The summed E-state index contributed by atoms with van der Waals surface area (Å²) in [5.41, 5.74) is 1.90. The molecular formula is C25H32Cl2N2O2S. The van der Waals surface area contributed by atoms with E-state index in [4.69, 9.17) is 23.2 Å². The first-order valence-corrected chi connectivity index (χ1v) is 13.0. The van der Waals surface area contributed by atoms with Crippen LogP contribution in [0.3, 0.4) is 0 Å².